The van der Waals surface area contributed by atoms with Crippen LogP contribution in [-0.2, 0) is 16.0 Å². The molecule has 5 nitrogen and oxygen atoms in total. The average Bonchev–Trinajstić information content (AvgIpc) is 3.01. The van der Waals surface area contributed by atoms with Gasteiger partial charge in [-0.1, -0.05) is 12.1 Å². The standard InChI is InChI=1S/C13H11FN2O3S/c14-9-3-1-2-8(6-9)7-11-15-16-13(19-11)20-10-4-5-18-12(10)17/h1-3,6,10H,4-5,7H2. The Kier molecular flexibility index (Phi) is 3.68. The molecule has 1 aliphatic rings. The first-order valence-corrected chi connectivity index (χ1v) is 6.99. The van der Waals surface area contributed by atoms with Crippen LogP contribution in [0.25, 0.3) is 0 Å². The maximum atomic E-state index is 13.1. The average molecular weight is 294 g/mol. The second-order valence-corrected chi connectivity index (χ2v) is 5.49. The predicted octanol–water partition coefficient (Wildman–Crippen LogP) is 2.21. The van der Waals surface area contributed by atoms with Gasteiger partial charge in [-0.15, -0.1) is 10.2 Å². The molecular formula is C13H11FN2O3S. The quantitative estimate of drug-likeness (QED) is 0.805. The number of halogens is 1. The van der Waals surface area contributed by atoms with Gasteiger partial charge in [-0.05, 0) is 29.5 Å². The molecule has 0 radical (unpaired) electrons. The Morgan fingerprint density at radius 2 is 2.30 bits per heavy atom. The molecule has 20 heavy (non-hydrogen) atoms. The van der Waals surface area contributed by atoms with Gasteiger partial charge in [0, 0.05) is 6.42 Å². The van der Waals surface area contributed by atoms with Gasteiger partial charge in [-0.3, -0.25) is 4.79 Å². The number of ether oxygens (including phenoxy) is 1. The monoisotopic (exact) mass is 294 g/mol. The Hall–Kier alpha value is -1.89. The number of cyclic esters (lactones) is 1. The second kappa shape index (κ2) is 5.62. The lowest BCUT2D eigenvalue weighted by molar-refractivity contribution is -0.137. The molecule has 0 N–H and O–H groups in total. The van der Waals surface area contributed by atoms with Gasteiger partial charge >= 0.3 is 5.97 Å². The lowest BCUT2D eigenvalue weighted by Gasteiger charge is -1.99. The molecule has 0 bridgehead atoms. The lowest BCUT2D eigenvalue weighted by atomic mass is 10.1. The molecule has 0 saturated carbocycles. The SMILES string of the molecule is O=C1OCCC1Sc1nnc(Cc2cccc(F)c2)o1. The first kappa shape index (κ1) is 13.1. The van der Waals surface area contributed by atoms with Crippen LogP contribution < -0.4 is 0 Å². The van der Waals surface area contributed by atoms with Crippen molar-refractivity contribution in [1.82, 2.24) is 10.2 Å². The van der Waals surface area contributed by atoms with Crippen molar-refractivity contribution < 1.29 is 18.3 Å². The molecule has 7 heteroatoms. The molecular weight excluding hydrogens is 283 g/mol. The van der Waals surface area contributed by atoms with Crippen molar-refractivity contribution >= 4 is 17.7 Å². The van der Waals surface area contributed by atoms with Gasteiger partial charge in [0.15, 0.2) is 0 Å². The van der Waals surface area contributed by atoms with Crippen LogP contribution in [0.3, 0.4) is 0 Å². The Labute approximate surface area is 118 Å². The molecule has 0 aliphatic carbocycles. The number of esters is 1. The largest absolute Gasteiger partial charge is 0.465 e. The van der Waals surface area contributed by atoms with E-state index in [-0.39, 0.29) is 17.0 Å². The van der Waals surface area contributed by atoms with E-state index in [1.165, 1.54) is 23.9 Å². The maximum absolute atomic E-state index is 13.1. The smallest absolute Gasteiger partial charge is 0.319 e. The Morgan fingerprint density at radius 1 is 1.40 bits per heavy atom. The molecule has 3 rings (SSSR count). The second-order valence-electron chi connectivity index (χ2n) is 4.33. The van der Waals surface area contributed by atoms with Gasteiger partial charge in [0.05, 0.1) is 13.0 Å². The molecule has 1 fully saturated rings. The zero-order valence-corrected chi connectivity index (χ0v) is 11.2. The number of carbonyl (C=O) groups is 1. The van der Waals surface area contributed by atoms with Gasteiger partial charge in [0.2, 0.25) is 5.89 Å². The number of hydrogen-bond acceptors (Lipinski definition) is 6. The summed E-state index contributed by atoms with van der Waals surface area (Å²) in [6, 6.07) is 6.22. The number of carbonyl (C=O) groups excluding carboxylic acids is 1. The Morgan fingerprint density at radius 3 is 3.05 bits per heavy atom. The highest BCUT2D eigenvalue weighted by Crippen LogP contribution is 2.28. The van der Waals surface area contributed by atoms with E-state index in [2.05, 4.69) is 10.2 Å². The fourth-order valence-electron chi connectivity index (χ4n) is 1.88. The highest BCUT2D eigenvalue weighted by molar-refractivity contribution is 8.00. The first-order valence-electron chi connectivity index (χ1n) is 6.11. The van der Waals surface area contributed by atoms with Crippen LogP contribution in [0.5, 0.6) is 0 Å². The fourth-order valence-corrected chi connectivity index (χ4v) is 2.74. The molecule has 0 amide bonds. The zero-order chi connectivity index (χ0) is 13.9. The van der Waals surface area contributed by atoms with E-state index in [0.29, 0.717) is 30.6 Å². The number of rotatable bonds is 4. The number of benzene rings is 1. The molecule has 1 unspecified atom stereocenters. The van der Waals surface area contributed by atoms with Crippen LogP contribution in [-0.4, -0.2) is 28.0 Å². The summed E-state index contributed by atoms with van der Waals surface area (Å²) in [5.41, 5.74) is 0.755. The van der Waals surface area contributed by atoms with E-state index in [1.807, 2.05) is 0 Å². The summed E-state index contributed by atoms with van der Waals surface area (Å²) in [6.07, 6.45) is 1.01. The van der Waals surface area contributed by atoms with Crippen molar-refractivity contribution in [1.29, 1.82) is 0 Å². The molecule has 1 aromatic carbocycles. The van der Waals surface area contributed by atoms with E-state index in [0.717, 1.165) is 5.56 Å². The lowest BCUT2D eigenvalue weighted by Crippen LogP contribution is -2.09. The van der Waals surface area contributed by atoms with Crippen LogP contribution in [0.4, 0.5) is 4.39 Å². The third-order valence-corrected chi connectivity index (χ3v) is 3.90. The topological polar surface area (TPSA) is 65.2 Å². The molecule has 2 heterocycles. The molecule has 104 valence electrons. The van der Waals surface area contributed by atoms with Gasteiger partial charge in [-0.25, -0.2) is 4.39 Å². The van der Waals surface area contributed by atoms with Crippen LogP contribution in [0.15, 0.2) is 33.9 Å². The van der Waals surface area contributed by atoms with Crippen LogP contribution in [0.1, 0.15) is 17.9 Å². The van der Waals surface area contributed by atoms with Gasteiger partial charge < -0.3 is 9.15 Å². The minimum absolute atomic E-state index is 0.250. The molecule has 1 atom stereocenters. The third-order valence-electron chi connectivity index (χ3n) is 2.82. The summed E-state index contributed by atoms with van der Waals surface area (Å²) in [7, 11) is 0. The van der Waals surface area contributed by atoms with E-state index in [9.17, 15) is 9.18 Å². The summed E-state index contributed by atoms with van der Waals surface area (Å²) >= 11 is 1.20. The van der Waals surface area contributed by atoms with Gasteiger partial charge in [-0.2, -0.15) is 0 Å². The summed E-state index contributed by atoms with van der Waals surface area (Å²) in [5.74, 6) is -0.158. The third kappa shape index (κ3) is 2.98. The van der Waals surface area contributed by atoms with Gasteiger partial charge in [0.25, 0.3) is 5.22 Å². The fraction of sp³-hybridized carbons (Fsp3) is 0.308. The highest BCUT2D eigenvalue weighted by atomic mass is 32.2. The summed E-state index contributed by atoms with van der Waals surface area (Å²) in [5, 5.41) is 7.83. The molecule has 1 saturated heterocycles. The molecule has 1 aliphatic heterocycles. The first-order chi connectivity index (χ1) is 9.70. The number of aromatic nitrogens is 2. The van der Waals surface area contributed by atoms with E-state index in [4.69, 9.17) is 9.15 Å². The number of thioether (sulfide) groups is 1. The summed E-state index contributed by atoms with van der Waals surface area (Å²) in [6.45, 7) is 0.431. The Balaban J connectivity index is 1.66. The van der Waals surface area contributed by atoms with Crippen LogP contribution in [0, 0.1) is 5.82 Å². The van der Waals surface area contributed by atoms with Crippen molar-refractivity contribution in [2.75, 3.05) is 6.61 Å². The molecule has 2 aromatic rings. The van der Waals surface area contributed by atoms with Crippen molar-refractivity contribution in [2.45, 2.75) is 23.3 Å². The minimum Gasteiger partial charge on any atom is -0.465 e. The van der Waals surface area contributed by atoms with E-state index in [1.54, 1.807) is 12.1 Å². The normalized spacial score (nSPS) is 18.2. The van der Waals surface area contributed by atoms with Crippen molar-refractivity contribution in [3.63, 3.8) is 0 Å². The van der Waals surface area contributed by atoms with Crippen LogP contribution in [0.2, 0.25) is 0 Å². The summed E-state index contributed by atoms with van der Waals surface area (Å²) < 4.78 is 23.4. The maximum Gasteiger partial charge on any atom is 0.319 e. The minimum atomic E-state index is -0.301. The Bertz CT molecular complexity index is 632. The number of hydrogen-bond donors (Lipinski definition) is 0. The van der Waals surface area contributed by atoms with E-state index < -0.39 is 0 Å². The predicted molar refractivity (Wildman–Crippen MR) is 68.7 cm³/mol. The van der Waals surface area contributed by atoms with Crippen molar-refractivity contribution in [2.24, 2.45) is 0 Å². The molecule has 0 spiro atoms. The van der Waals surface area contributed by atoms with Crippen molar-refractivity contribution in [3.05, 3.63) is 41.5 Å². The highest BCUT2D eigenvalue weighted by Gasteiger charge is 2.29. The number of nitrogens with zero attached hydrogens (tertiary/aromatic N) is 2. The summed E-state index contributed by atoms with van der Waals surface area (Å²) in [4.78, 5) is 11.3. The molecule has 1 aromatic heterocycles. The van der Waals surface area contributed by atoms with Gasteiger partial charge in [0.1, 0.15) is 11.1 Å². The zero-order valence-electron chi connectivity index (χ0n) is 10.4. The van der Waals surface area contributed by atoms with Crippen molar-refractivity contribution in [3.8, 4) is 0 Å². The van der Waals surface area contributed by atoms with Crippen LogP contribution >= 0.6 is 11.8 Å². The van der Waals surface area contributed by atoms with E-state index >= 15 is 0 Å².